The standard InChI is InChI=1S/C12H11ClN2O3/c1-6-2-3-8-7(4-6)10(15-9(16)5-13)11(18-8)12(14)17/h2-4H,5H2,1H3,(H2,14,17)(H,15,16). The Morgan fingerprint density at radius 3 is 2.78 bits per heavy atom. The summed E-state index contributed by atoms with van der Waals surface area (Å²) in [7, 11) is 0. The molecule has 0 aliphatic heterocycles. The van der Waals surface area contributed by atoms with Gasteiger partial charge in [0.1, 0.15) is 17.2 Å². The number of alkyl halides is 1. The van der Waals surface area contributed by atoms with E-state index in [-0.39, 0.29) is 17.3 Å². The van der Waals surface area contributed by atoms with Gasteiger partial charge in [-0.05, 0) is 19.1 Å². The third-order valence-corrected chi connectivity index (χ3v) is 2.70. The van der Waals surface area contributed by atoms with Crippen molar-refractivity contribution in [2.24, 2.45) is 5.73 Å². The van der Waals surface area contributed by atoms with Crippen LogP contribution in [0.4, 0.5) is 5.69 Å². The van der Waals surface area contributed by atoms with Crippen LogP contribution in [-0.4, -0.2) is 17.7 Å². The van der Waals surface area contributed by atoms with Gasteiger partial charge in [0.25, 0.3) is 5.91 Å². The third kappa shape index (κ3) is 2.17. The highest BCUT2D eigenvalue weighted by molar-refractivity contribution is 6.29. The second-order valence-electron chi connectivity index (χ2n) is 3.85. The minimum Gasteiger partial charge on any atom is -0.449 e. The van der Waals surface area contributed by atoms with Crippen molar-refractivity contribution >= 4 is 40.1 Å². The summed E-state index contributed by atoms with van der Waals surface area (Å²) in [4.78, 5) is 22.6. The number of amides is 2. The number of primary amides is 1. The number of anilines is 1. The summed E-state index contributed by atoms with van der Waals surface area (Å²) in [5.74, 6) is -1.46. The highest BCUT2D eigenvalue weighted by atomic mass is 35.5. The zero-order valence-electron chi connectivity index (χ0n) is 9.62. The molecular formula is C12H11ClN2O3. The molecule has 0 saturated heterocycles. The minimum atomic E-state index is -0.742. The minimum absolute atomic E-state index is 0.0749. The molecule has 2 rings (SSSR count). The van der Waals surface area contributed by atoms with Crippen molar-refractivity contribution in [1.29, 1.82) is 0 Å². The van der Waals surface area contributed by atoms with Gasteiger partial charge < -0.3 is 15.5 Å². The van der Waals surface area contributed by atoms with Crippen molar-refractivity contribution in [3.63, 3.8) is 0 Å². The molecule has 0 radical (unpaired) electrons. The van der Waals surface area contributed by atoms with Crippen molar-refractivity contribution in [3.05, 3.63) is 29.5 Å². The molecule has 18 heavy (non-hydrogen) atoms. The SMILES string of the molecule is Cc1ccc2oc(C(N)=O)c(NC(=O)CCl)c2c1. The number of halogens is 1. The first-order chi connectivity index (χ1) is 8.52. The van der Waals surface area contributed by atoms with E-state index < -0.39 is 11.8 Å². The monoisotopic (exact) mass is 266 g/mol. The number of rotatable bonds is 3. The van der Waals surface area contributed by atoms with Gasteiger partial charge in [-0.15, -0.1) is 11.6 Å². The van der Waals surface area contributed by atoms with Gasteiger partial charge in [-0.25, -0.2) is 0 Å². The van der Waals surface area contributed by atoms with Crippen molar-refractivity contribution in [1.82, 2.24) is 0 Å². The van der Waals surface area contributed by atoms with Crippen LogP contribution >= 0.6 is 11.6 Å². The first-order valence-corrected chi connectivity index (χ1v) is 5.75. The summed E-state index contributed by atoms with van der Waals surface area (Å²) in [6.45, 7) is 1.89. The average molecular weight is 267 g/mol. The highest BCUT2D eigenvalue weighted by Crippen LogP contribution is 2.31. The van der Waals surface area contributed by atoms with Gasteiger partial charge in [0.05, 0.1) is 0 Å². The van der Waals surface area contributed by atoms with E-state index in [2.05, 4.69) is 5.32 Å². The van der Waals surface area contributed by atoms with Crippen LogP contribution in [0.3, 0.4) is 0 Å². The number of benzene rings is 1. The van der Waals surface area contributed by atoms with E-state index in [4.69, 9.17) is 21.8 Å². The quantitative estimate of drug-likeness (QED) is 0.834. The summed E-state index contributed by atoms with van der Waals surface area (Å²) >= 11 is 5.42. The zero-order valence-corrected chi connectivity index (χ0v) is 10.4. The fourth-order valence-electron chi connectivity index (χ4n) is 1.68. The molecule has 0 saturated carbocycles. The van der Waals surface area contributed by atoms with E-state index in [1.165, 1.54) is 0 Å². The van der Waals surface area contributed by atoms with Crippen LogP contribution in [0, 0.1) is 6.92 Å². The first-order valence-electron chi connectivity index (χ1n) is 5.21. The van der Waals surface area contributed by atoms with Crippen LogP contribution < -0.4 is 11.1 Å². The Hall–Kier alpha value is -2.01. The molecule has 0 atom stereocenters. The molecule has 5 nitrogen and oxygen atoms in total. The van der Waals surface area contributed by atoms with Crippen molar-refractivity contribution in [3.8, 4) is 0 Å². The lowest BCUT2D eigenvalue weighted by Gasteiger charge is -2.02. The fourth-order valence-corrected chi connectivity index (χ4v) is 1.75. The number of nitrogens with one attached hydrogen (secondary N) is 1. The molecule has 1 aromatic heterocycles. The van der Waals surface area contributed by atoms with Crippen LogP contribution in [0.2, 0.25) is 0 Å². The molecule has 94 valence electrons. The average Bonchev–Trinajstić information content (AvgIpc) is 2.67. The predicted molar refractivity (Wildman–Crippen MR) is 68.8 cm³/mol. The summed E-state index contributed by atoms with van der Waals surface area (Å²) in [6.07, 6.45) is 0. The maximum absolute atomic E-state index is 11.3. The second kappa shape index (κ2) is 4.70. The van der Waals surface area contributed by atoms with E-state index in [9.17, 15) is 9.59 Å². The Balaban J connectivity index is 2.64. The Bertz CT molecular complexity index is 634. The van der Waals surface area contributed by atoms with Crippen molar-refractivity contribution < 1.29 is 14.0 Å². The molecule has 0 aliphatic rings. The Kier molecular flexibility index (Phi) is 3.25. The van der Waals surface area contributed by atoms with E-state index in [1.807, 2.05) is 13.0 Å². The van der Waals surface area contributed by atoms with Gasteiger partial charge in [-0.2, -0.15) is 0 Å². The largest absolute Gasteiger partial charge is 0.449 e. The molecule has 0 unspecified atom stereocenters. The number of carbonyl (C=O) groups excluding carboxylic acids is 2. The Morgan fingerprint density at radius 2 is 2.17 bits per heavy atom. The molecule has 0 spiro atoms. The Morgan fingerprint density at radius 1 is 1.44 bits per heavy atom. The maximum Gasteiger partial charge on any atom is 0.286 e. The van der Waals surface area contributed by atoms with Gasteiger partial charge >= 0.3 is 0 Å². The maximum atomic E-state index is 11.3. The summed E-state index contributed by atoms with van der Waals surface area (Å²) in [5, 5.41) is 3.15. The number of fused-ring (bicyclic) bond motifs is 1. The zero-order chi connectivity index (χ0) is 13.3. The van der Waals surface area contributed by atoms with Gasteiger partial charge in [0, 0.05) is 5.39 Å². The molecule has 2 aromatic rings. The second-order valence-corrected chi connectivity index (χ2v) is 4.12. The molecule has 0 fully saturated rings. The highest BCUT2D eigenvalue weighted by Gasteiger charge is 2.20. The number of aryl methyl sites for hydroxylation is 1. The van der Waals surface area contributed by atoms with E-state index in [0.717, 1.165) is 5.56 Å². The van der Waals surface area contributed by atoms with Crippen LogP contribution in [0.25, 0.3) is 11.0 Å². The van der Waals surface area contributed by atoms with E-state index in [0.29, 0.717) is 11.0 Å². The van der Waals surface area contributed by atoms with Crippen molar-refractivity contribution in [2.45, 2.75) is 6.92 Å². The molecule has 0 bridgehead atoms. The fraction of sp³-hybridized carbons (Fsp3) is 0.167. The van der Waals surface area contributed by atoms with Gasteiger partial charge in [0.15, 0.2) is 0 Å². The summed E-state index contributed by atoms with van der Waals surface area (Å²) in [6, 6.07) is 5.35. The molecule has 3 N–H and O–H groups in total. The topological polar surface area (TPSA) is 85.3 Å². The number of hydrogen-bond donors (Lipinski definition) is 2. The molecule has 1 heterocycles. The lowest BCUT2D eigenvalue weighted by molar-refractivity contribution is -0.113. The molecular weight excluding hydrogens is 256 g/mol. The number of hydrogen-bond acceptors (Lipinski definition) is 3. The van der Waals surface area contributed by atoms with Gasteiger partial charge in [-0.3, -0.25) is 9.59 Å². The molecule has 1 aromatic carbocycles. The van der Waals surface area contributed by atoms with E-state index in [1.54, 1.807) is 12.1 Å². The molecule has 6 heteroatoms. The molecule has 2 amide bonds. The van der Waals surface area contributed by atoms with Crippen LogP contribution in [0.1, 0.15) is 16.1 Å². The molecule has 0 aliphatic carbocycles. The van der Waals surface area contributed by atoms with Crippen LogP contribution in [0.15, 0.2) is 22.6 Å². The first kappa shape index (κ1) is 12.4. The van der Waals surface area contributed by atoms with Gasteiger partial charge in [0.2, 0.25) is 11.7 Å². The smallest absolute Gasteiger partial charge is 0.286 e. The summed E-state index contributed by atoms with van der Waals surface area (Å²) in [5.41, 5.74) is 6.95. The normalized spacial score (nSPS) is 10.6. The number of furan rings is 1. The Labute approximate surface area is 108 Å². The van der Waals surface area contributed by atoms with Crippen molar-refractivity contribution in [2.75, 3.05) is 11.2 Å². The number of carbonyl (C=O) groups is 2. The van der Waals surface area contributed by atoms with Gasteiger partial charge in [-0.1, -0.05) is 11.6 Å². The lowest BCUT2D eigenvalue weighted by atomic mass is 10.1. The van der Waals surface area contributed by atoms with Crippen LogP contribution in [0.5, 0.6) is 0 Å². The third-order valence-electron chi connectivity index (χ3n) is 2.45. The van der Waals surface area contributed by atoms with E-state index >= 15 is 0 Å². The summed E-state index contributed by atoms with van der Waals surface area (Å²) < 4.78 is 5.33. The van der Waals surface area contributed by atoms with Crippen LogP contribution in [-0.2, 0) is 4.79 Å². The lowest BCUT2D eigenvalue weighted by Crippen LogP contribution is -2.17. The number of nitrogens with two attached hydrogens (primary N) is 1. The predicted octanol–water partition coefficient (Wildman–Crippen LogP) is 2.02.